The number of amides is 1. The first-order valence-electron chi connectivity index (χ1n) is 15.2. The molecular formula is C33H45FN2O4. The van der Waals surface area contributed by atoms with Crippen LogP contribution < -0.4 is 14.8 Å². The number of benzene rings is 2. The molecule has 0 bridgehead atoms. The molecule has 3 unspecified atom stereocenters. The first-order chi connectivity index (χ1) is 19.5. The summed E-state index contributed by atoms with van der Waals surface area (Å²) in [5.74, 6) is 1.88. The van der Waals surface area contributed by atoms with Crippen molar-refractivity contribution in [3.63, 3.8) is 0 Å². The highest BCUT2D eigenvalue weighted by Crippen LogP contribution is 2.37. The Morgan fingerprint density at radius 2 is 1.82 bits per heavy atom. The molecule has 1 amide bonds. The van der Waals surface area contributed by atoms with Crippen molar-refractivity contribution < 1.29 is 23.4 Å². The number of methoxy groups -OCH3 is 1. The monoisotopic (exact) mass is 552 g/mol. The van der Waals surface area contributed by atoms with Crippen LogP contribution in [0.15, 0.2) is 36.4 Å². The fraction of sp³-hybridized carbons (Fsp3) is 0.606. The van der Waals surface area contributed by atoms with Gasteiger partial charge in [0.25, 0.3) is 0 Å². The second kappa shape index (κ2) is 13.8. The predicted molar refractivity (Wildman–Crippen MR) is 155 cm³/mol. The van der Waals surface area contributed by atoms with Crippen LogP contribution in [0.5, 0.6) is 11.5 Å². The number of nitrogens with one attached hydrogen (secondary N) is 1. The van der Waals surface area contributed by atoms with E-state index in [1.165, 1.54) is 12.8 Å². The molecule has 0 spiro atoms. The van der Waals surface area contributed by atoms with Crippen molar-refractivity contribution in [2.45, 2.75) is 95.4 Å². The number of carbonyl (C=O) groups excluding carboxylic acids is 1. The van der Waals surface area contributed by atoms with Crippen LogP contribution in [0.2, 0.25) is 0 Å². The molecule has 7 heteroatoms. The summed E-state index contributed by atoms with van der Waals surface area (Å²) in [6.45, 7) is 5.14. The van der Waals surface area contributed by atoms with Gasteiger partial charge in [-0.15, -0.1) is 0 Å². The van der Waals surface area contributed by atoms with Gasteiger partial charge in [0.1, 0.15) is 5.82 Å². The second-order valence-electron chi connectivity index (χ2n) is 11.8. The van der Waals surface area contributed by atoms with Gasteiger partial charge in [-0.25, -0.2) is 4.39 Å². The number of unbranched alkanes of at least 4 members (excludes halogenated alkanes) is 2. The Labute approximate surface area is 238 Å². The summed E-state index contributed by atoms with van der Waals surface area (Å²) < 4.78 is 31.9. The molecule has 1 aliphatic carbocycles. The largest absolute Gasteiger partial charge is 0.493 e. The summed E-state index contributed by atoms with van der Waals surface area (Å²) in [5, 5.41) is 3.52. The van der Waals surface area contributed by atoms with Gasteiger partial charge in [-0.3, -0.25) is 4.79 Å². The van der Waals surface area contributed by atoms with Gasteiger partial charge in [0.05, 0.1) is 25.4 Å². The number of carbonyl (C=O) groups is 1. The average molecular weight is 553 g/mol. The van der Waals surface area contributed by atoms with Gasteiger partial charge in [-0.05, 0) is 99.7 Å². The number of rotatable bonds is 13. The van der Waals surface area contributed by atoms with Gasteiger partial charge in [0.15, 0.2) is 11.5 Å². The standard InChI is InChI=1S/C33H45FN2O4/c1-23-10-11-25(18-29(23)34)30-15-13-28(40-30)21-35-16-6-3-7-17-36-22-26(20-33(36)37)24-12-14-31(38-2)32(19-24)39-27-8-4-5-9-27/h10-12,14,18-19,26-28,30,35H,3-9,13,15-17,20-22H2,1-2H3. The van der Waals surface area contributed by atoms with Crippen LogP contribution in [0.4, 0.5) is 4.39 Å². The molecule has 2 aromatic rings. The van der Waals surface area contributed by atoms with Crippen molar-refractivity contribution in [3.05, 3.63) is 58.9 Å². The molecule has 2 aromatic carbocycles. The highest BCUT2D eigenvalue weighted by molar-refractivity contribution is 5.79. The summed E-state index contributed by atoms with van der Waals surface area (Å²) in [6.07, 6.45) is 10.8. The lowest BCUT2D eigenvalue weighted by molar-refractivity contribution is -0.127. The molecule has 2 aliphatic heterocycles. The second-order valence-corrected chi connectivity index (χ2v) is 11.8. The summed E-state index contributed by atoms with van der Waals surface area (Å²) in [5.41, 5.74) is 2.77. The lowest BCUT2D eigenvalue weighted by atomic mass is 9.98. The lowest BCUT2D eigenvalue weighted by Crippen LogP contribution is -2.28. The summed E-state index contributed by atoms with van der Waals surface area (Å²) in [7, 11) is 1.68. The lowest BCUT2D eigenvalue weighted by Gasteiger charge is -2.19. The normalized spacial score (nSPS) is 23.3. The average Bonchev–Trinajstić information content (AvgIpc) is 3.72. The highest BCUT2D eigenvalue weighted by atomic mass is 19.1. The molecular weight excluding hydrogens is 507 g/mol. The Hall–Kier alpha value is -2.64. The smallest absolute Gasteiger partial charge is 0.223 e. The summed E-state index contributed by atoms with van der Waals surface area (Å²) >= 11 is 0. The van der Waals surface area contributed by atoms with Crippen LogP contribution in [0.1, 0.15) is 92.9 Å². The third kappa shape index (κ3) is 7.35. The number of aryl methyl sites for hydroxylation is 1. The number of likely N-dealkylation sites (tertiary alicyclic amines) is 1. The Balaban J connectivity index is 0.981. The van der Waals surface area contributed by atoms with E-state index in [-0.39, 0.29) is 36.0 Å². The van der Waals surface area contributed by atoms with Gasteiger partial charge in [-0.2, -0.15) is 0 Å². The van der Waals surface area contributed by atoms with E-state index >= 15 is 0 Å². The van der Waals surface area contributed by atoms with E-state index in [1.807, 2.05) is 23.1 Å². The minimum absolute atomic E-state index is 0.00643. The Kier molecular flexibility index (Phi) is 9.97. The number of ether oxygens (including phenoxy) is 3. The van der Waals surface area contributed by atoms with E-state index in [4.69, 9.17) is 14.2 Å². The van der Waals surface area contributed by atoms with Crippen molar-refractivity contribution in [2.24, 2.45) is 0 Å². The first-order valence-corrected chi connectivity index (χ1v) is 15.2. The van der Waals surface area contributed by atoms with E-state index in [9.17, 15) is 9.18 Å². The molecule has 5 rings (SSSR count). The van der Waals surface area contributed by atoms with Gasteiger partial charge in [0, 0.05) is 32.0 Å². The third-order valence-corrected chi connectivity index (χ3v) is 8.80. The molecule has 40 heavy (non-hydrogen) atoms. The van der Waals surface area contributed by atoms with Crippen LogP contribution in [-0.2, 0) is 9.53 Å². The van der Waals surface area contributed by atoms with Crippen molar-refractivity contribution in [3.8, 4) is 11.5 Å². The maximum Gasteiger partial charge on any atom is 0.223 e. The van der Waals surface area contributed by atoms with E-state index in [2.05, 4.69) is 17.4 Å². The van der Waals surface area contributed by atoms with E-state index in [1.54, 1.807) is 20.1 Å². The van der Waals surface area contributed by atoms with Crippen LogP contribution in [0.25, 0.3) is 0 Å². The van der Waals surface area contributed by atoms with Crippen molar-refractivity contribution in [1.82, 2.24) is 10.2 Å². The molecule has 0 aromatic heterocycles. The molecule has 1 N–H and O–H groups in total. The van der Waals surface area contributed by atoms with E-state index in [0.29, 0.717) is 12.0 Å². The van der Waals surface area contributed by atoms with Gasteiger partial charge >= 0.3 is 0 Å². The molecule has 218 valence electrons. The van der Waals surface area contributed by atoms with Crippen LogP contribution in [0.3, 0.4) is 0 Å². The predicted octanol–water partition coefficient (Wildman–Crippen LogP) is 6.46. The molecule has 6 nitrogen and oxygen atoms in total. The third-order valence-electron chi connectivity index (χ3n) is 8.80. The SMILES string of the molecule is COc1ccc(C2CC(=O)N(CCCCCNCC3CCC(c4ccc(C)c(F)c4)O3)C2)cc1OC1CCCC1. The Bertz CT molecular complexity index is 1140. The van der Waals surface area contributed by atoms with Gasteiger partial charge in [0.2, 0.25) is 5.91 Å². The Morgan fingerprint density at radius 3 is 2.62 bits per heavy atom. The van der Waals surface area contributed by atoms with E-state index < -0.39 is 0 Å². The molecule has 3 fully saturated rings. The maximum atomic E-state index is 13.9. The minimum Gasteiger partial charge on any atom is -0.493 e. The number of nitrogens with zero attached hydrogens (tertiary/aromatic N) is 1. The van der Waals surface area contributed by atoms with Crippen LogP contribution in [0, 0.1) is 12.7 Å². The summed E-state index contributed by atoms with van der Waals surface area (Å²) in [6, 6.07) is 11.6. The number of hydrogen-bond acceptors (Lipinski definition) is 5. The zero-order valence-electron chi connectivity index (χ0n) is 24.1. The maximum absolute atomic E-state index is 13.9. The molecule has 2 saturated heterocycles. The molecule has 3 atom stereocenters. The van der Waals surface area contributed by atoms with Crippen molar-refractivity contribution in [2.75, 3.05) is 33.3 Å². The first kappa shape index (κ1) is 28.9. The molecule has 2 heterocycles. The summed E-state index contributed by atoms with van der Waals surface area (Å²) in [4.78, 5) is 14.8. The van der Waals surface area contributed by atoms with Crippen LogP contribution in [-0.4, -0.2) is 56.3 Å². The number of hydrogen-bond donors (Lipinski definition) is 1. The molecule has 1 saturated carbocycles. The fourth-order valence-electron chi connectivity index (χ4n) is 6.34. The van der Waals surface area contributed by atoms with Gasteiger partial charge < -0.3 is 24.4 Å². The minimum atomic E-state index is -0.159. The quantitative estimate of drug-likeness (QED) is 0.289. The number of halogens is 1. The van der Waals surface area contributed by atoms with Gasteiger partial charge in [-0.1, -0.05) is 24.6 Å². The highest BCUT2D eigenvalue weighted by Gasteiger charge is 2.31. The zero-order chi connectivity index (χ0) is 27.9. The fourth-order valence-corrected chi connectivity index (χ4v) is 6.34. The van der Waals surface area contributed by atoms with Crippen LogP contribution >= 0.6 is 0 Å². The molecule has 0 radical (unpaired) electrons. The Morgan fingerprint density at radius 1 is 1.00 bits per heavy atom. The molecule has 3 aliphatic rings. The van der Waals surface area contributed by atoms with E-state index in [0.717, 1.165) is 93.8 Å². The topological polar surface area (TPSA) is 60.0 Å². The van der Waals surface area contributed by atoms with Crippen molar-refractivity contribution >= 4 is 5.91 Å². The van der Waals surface area contributed by atoms with Crippen molar-refractivity contribution in [1.29, 1.82) is 0 Å². The zero-order valence-corrected chi connectivity index (χ0v) is 24.1.